The SMILES string of the molecule is O=C(O)CC1=CC(O)(O)C(O)(O)C=C1.O=C(O)c1ccc(O)c(O)c1. The van der Waals surface area contributed by atoms with Crippen LogP contribution in [0.2, 0.25) is 0 Å². The molecule has 0 saturated carbocycles. The van der Waals surface area contributed by atoms with Crippen molar-refractivity contribution < 1.29 is 50.4 Å². The van der Waals surface area contributed by atoms with Crippen molar-refractivity contribution in [1.29, 1.82) is 0 Å². The van der Waals surface area contributed by atoms with Gasteiger partial charge < -0.3 is 40.9 Å². The van der Waals surface area contributed by atoms with Crippen LogP contribution in [0.15, 0.2) is 42.0 Å². The molecule has 0 bridgehead atoms. The van der Waals surface area contributed by atoms with Gasteiger partial charge in [0.05, 0.1) is 12.0 Å². The van der Waals surface area contributed by atoms with Crippen molar-refractivity contribution in [2.45, 2.75) is 18.0 Å². The van der Waals surface area contributed by atoms with Crippen molar-refractivity contribution in [3.63, 3.8) is 0 Å². The number of phenols is 2. The fourth-order valence-corrected chi connectivity index (χ4v) is 1.70. The van der Waals surface area contributed by atoms with Gasteiger partial charge in [-0.25, -0.2) is 4.79 Å². The second-order valence-electron chi connectivity index (χ2n) is 5.08. The lowest BCUT2D eigenvalue weighted by molar-refractivity contribution is -0.308. The predicted molar refractivity (Wildman–Crippen MR) is 80.5 cm³/mol. The Balaban J connectivity index is 0.000000257. The molecule has 136 valence electrons. The van der Waals surface area contributed by atoms with Crippen molar-refractivity contribution in [2.75, 3.05) is 0 Å². The van der Waals surface area contributed by atoms with E-state index in [0.29, 0.717) is 12.2 Å². The van der Waals surface area contributed by atoms with E-state index >= 15 is 0 Å². The zero-order valence-corrected chi connectivity index (χ0v) is 12.6. The average molecular weight is 356 g/mol. The maximum atomic E-state index is 10.3. The summed E-state index contributed by atoms with van der Waals surface area (Å²) in [6, 6.07) is 3.31. The average Bonchev–Trinajstić information content (AvgIpc) is 2.46. The number of aromatic carboxylic acids is 1. The number of hydrogen-bond donors (Lipinski definition) is 8. The number of aromatic hydroxyl groups is 2. The molecule has 1 aromatic carbocycles. The van der Waals surface area contributed by atoms with E-state index in [1.807, 2.05) is 0 Å². The highest BCUT2D eigenvalue weighted by atomic mass is 16.6. The first-order valence-corrected chi connectivity index (χ1v) is 6.63. The van der Waals surface area contributed by atoms with Crippen LogP contribution in [0, 0.1) is 0 Å². The molecule has 10 heteroatoms. The third-order valence-electron chi connectivity index (χ3n) is 3.04. The van der Waals surface area contributed by atoms with Crippen LogP contribution >= 0.6 is 0 Å². The zero-order valence-electron chi connectivity index (χ0n) is 12.6. The van der Waals surface area contributed by atoms with Crippen LogP contribution in [-0.4, -0.2) is 64.4 Å². The van der Waals surface area contributed by atoms with Crippen molar-refractivity contribution in [3.05, 3.63) is 47.6 Å². The van der Waals surface area contributed by atoms with E-state index < -0.39 is 35.7 Å². The minimum Gasteiger partial charge on any atom is -0.504 e. The topological polar surface area (TPSA) is 196 Å². The van der Waals surface area contributed by atoms with Gasteiger partial charge in [-0.1, -0.05) is 6.08 Å². The van der Waals surface area contributed by atoms with Crippen LogP contribution in [0.5, 0.6) is 11.5 Å². The second-order valence-corrected chi connectivity index (χ2v) is 5.08. The standard InChI is InChI=1S/C8H10O6.C7H6O4/c9-6(10)3-5-1-2-7(11,12)8(13,14)4-5;8-5-2-1-4(7(10)11)3-6(5)9/h1-2,4,11-14H,3H2,(H,9,10);1-3,8-9H,(H,10,11). The molecule has 0 amide bonds. The van der Waals surface area contributed by atoms with Gasteiger partial charge in [-0.05, 0) is 35.9 Å². The predicted octanol–water partition coefficient (Wildman–Crippen LogP) is -0.885. The van der Waals surface area contributed by atoms with Crippen LogP contribution in [0.3, 0.4) is 0 Å². The largest absolute Gasteiger partial charge is 0.504 e. The minimum absolute atomic E-state index is 0.0553. The Labute approximate surface area is 140 Å². The van der Waals surface area contributed by atoms with Crippen LogP contribution in [0.25, 0.3) is 0 Å². The molecule has 2 rings (SSSR count). The first kappa shape index (κ1) is 20.1. The minimum atomic E-state index is -2.87. The number of phenolic OH excluding ortho intramolecular Hbond substituents is 2. The van der Waals surface area contributed by atoms with Crippen LogP contribution in [0.4, 0.5) is 0 Å². The molecular weight excluding hydrogens is 340 g/mol. The number of carbonyl (C=O) groups is 2. The summed E-state index contributed by atoms with van der Waals surface area (Å²) in [6.07, 6.45) is 2.08. The van der Waals surface area contributed by atoms with Gasteiger partial charge in [0.25, 0.3) is 0 Å². The number of aliphatic hydroxyl groups is 4. The van der Waals surface area contributed by atoms with Gasteiger partial charge in [-0.15, -0.1) is 0 Å². The van der Waals surface area contributed by atoms with Gasteiger partial charge in [-0.2, -0.15) is 0 Å². The first-order chi connectivity index (χ1) is 11.4. The van der Waals surface area contributed by atoms with E-state index in [0.717, 1.165) is 18.2 Å². The Hall–Kier alpha value is -2.92. The third kappa shape index (κ3) is 5.29. The number of rotatable bonds is 3. The fraction of sp³-hybridized carbons (Fsp3) is 0.200. The molecule has 8 N–H and O–H groups in total. The van der Waals surface area contributed by atoms with E-state index in [-0.39, 0.29) is 16.9 Å². The Bertz CT molecular complexity index is 730. The van der Waals surface area contributed by atoms with Crippen molar-refractivity contribution in [1.82, 2.24) is 0 Å². The molecule has 0 radical (unpaired) electrons. The smallest absolute Gasteiger partial charge is 0.335 e. The van der Waals surface area contributed by atoms with Crippen LogP contribution in [0.1, 0.15) is 16.8 Å². The first-order valence-electron chi connectivity index (χ1n) is 6.63. The third-order valence-corrected chi connectivity index (χ3v) is 3.04. The zero-order chi connectivity index (χ0) is 19.4. The summed E-state index contributed by atoms with van der Waals surface area (Å²) in [5.74, 6) is -8.71. The Morgan fingerprint density at radius 1 is 0.920 bits per heavy atom. The number of hydrogen-bond acceptors (Lipinski definition) is 8. The van der Waals surface area contributed by atoms with Gasteiger partial charge >= 0.3 is 11.9 Å². The summed E-state index contributed by atoms with van der Waals surface area (Å²) in [5.41, 5.74) is 0.0292. The highest BCUT2D eigenvalue weighted by Gasteiger charge is 2.45. The van der Waals surface area contributed by atoms with Gasteiger partial charge in [-0.3, -0.25) is 4.79 Å². The maximum Gasteiger partial charge on any atom is 0.335 e. The lowest BCUT2D eigenvalue weighted by atomic mass is 9.94. The molecule has 0 heterocycles. The Kier molecular flexibility index (Phi) is 5.89. The summed E-state index contributed by atoms with van der Waals surface area (Å²) in [4.78, 5) is 20.5. The van der Waals surface area contributed by atoms with E-state index in [9.17, 15) is 9.59 Å². The Morgan fingerprint density at radius 3 is 1.96 bits per heavy atom. The molecule has 1 aliphatic rings. The maximum absolute atomic E-state index is 10.3. The van der Waals surface area contributed by atoms with E-state index in [2.05, 4.69) is 0 Å². The lowest BCUT2D eigenvalue weighted by Gasteiger charge is -2.33. The van der Waals surface area contributed by atoms with Crippen molar-refractivity contribution >= 4 is 11.9 Å². The van der Waals surface area contributed by atoms with Gasteiger partial charge in [0.1, 0.15) is 0 Å². The molecule has 0 fully saturated rings. The molecule has 0 unspecified atom stereocenters. The quantitative estimate of drug-likeness (QED) is 0.248. The Morgan fingerprint density at radius 2 is 1.52 bits per heavy atom. The van der Waals surface area contributed by atoms with Gasteiger partial charge in [0.2, 0.25) is 11.6 Å². The molecule has 0 aromatic heterocycles. The highest BCUT2D eigenvalue weighted by molar-refractivity contribution is 5.88. The van der Waals surface area contributed by atoms with E-state index in [1.54, 1.807) is 0 Å². The molecule has 1 aliphatic carbocycles. The molecule has 0 aliphatic heterocycles. The fourth-order valence-electron chi connectivity index (χ4n) is 1.70. The molecule has 0 saturated heterocycles. The summed E-state index contributed by atoms with van der Waals surface area (Å²) < 4.78 is 0. The van der Waals surface area contributed by atoms with Crippen LogP contribution < -0.4 is 0 Å². The van der Waals surface area contributed by atoms with E-state index in [1.165, 1.54) is 6.07 Å². The molecule has 10 nitrogen and oxygen atoms in total. The second kappa shape index (κ2) is 7.32. The summed E-state index contributed by atoms with van der Waals surface area (Å²) in [5, 5.41) is 70.7. The van der Waals surface area contributed by atoms with Crippen LogP contribution in [-0.2, 0) is 4.79 Å². The lowest BCUT2D eigenvalue weighted by Crippen LogP contribution is -2.53. The highest BCUT2D eigenvalue weighted by Crippen LogP contribution is 2.28. The molecule has 1 aromatic rings. The number of aliphatic carboxylic acids is 1. The van der Waals surface area contributed by atoms with Crippen molar-refractivity contribution in [3.8, 4) is 11.5 Å². The van der Waals surface area contributed by atoms with Gasteiger partial charge in [0, 0.05) is 0 Å². The molecular formula is C15H16O10. The van der Waals surface area contributed by atoms with E-state index in [4.69, 9.17) is 40.9 Å². The summed E-state index contributed by atoms with van der Waals surface area (Å²) in [7, 11) is 0. The number of benzene rings is 1. The summed E-state index contributed by atoms with van der Waals surface area (Å²) >= 11 is 0. The van der Waals surface area contributed by atoms with Crippen molar-refractivity contribution in [2.24, 2.45) is 0 Å². The number of allylic oxidation sites excluding steroid dienone is 1. The number of carboxylic acid groups (broad SMARTS) is 2. The van der Waals surface area contributed by atoms with Gasteiger partial charge in [0.15, 0.2) is 11.5 Å². The summed E-state index contributed by atoms with van der Waals surface area (Å²) in [6.45, 7) is 0. The molecule has 0 spiro atoms. The molecule has 0 atom stereocenters. The molecule has 25 heavy (non-hydrogen) atoms. The number of carboxylic acids is 2. The monoisotopic (exact) mass is 356 g/mol. The normalized spacial score (nSPS) is 17.0.